The number of rotatable bonds is 7. The van der Waals surface area contributed by atoms with Crippen molar-refractivity contribution in [2.24, 2.45) is 7.05 Å². The minimum Gasteiger partial charge on any atom is -0.480 e. The molecule has 0 aliphatic heterocycles. The minimum atomic E-state index is -1.16. The topological polar surface area (TPSA) is 91.6 Å². The fourth-order valence-corrected chi connectivity index (χ4v) is 3.41. The van der Waals surface area contributed by atoms with Crippen LogP contribution < -0.4 is 15.6 Å². The van der Waals surface area contributed by atoms with Crippen LogP contribution in [0.15, 0.2) is 53.3 Å². The van der Waals surface area contributed by atoms with Crippen molar-refractivity contribution < 1.29 is 19.1 Å². The van der Waals surface area contributed by atoms with E-state index in [9.17, 15) is 14.4 Å². The zero-order chi connectivity index (χ0) is 23.4. The number of anilines is 1. The molecule has 168 valence electrons. The van der Waals surface area contributed by atoms with Crippen LogP contribution in [0.1, 0.15) is 12.6 Å². The lowest BCUT2D eigenvalue weighted by Crippen LogP contribution is -2.33. The van der Waals surface area contributed by atoms with Crippen LogP contribution in [-0.4, -0.2) is 34.0 Å². The van der Waals surface area contributed by atoms with Gasteiger partial charge in [0.1, 0.15) is 11.4 Å². The van der Waals surface area contributed by atoms with E-state index in [1.165, 1.54) is 23.7 Å². The first-order chi connectivity index (χ1) is 15.2. The Morgan fingerprint density at radius 2 is 1.81 bits per heavy atom. The molecule has 3 rings (SSSR count). The number of amides is 1. The van der Waals surface area contributed by atoms with E-state index < -0.39 is 30.1 Å². The number of carbonyl (C=O) groups excluding carboxylic acids is 2. The summed E-state index contributed by atoms with van der Waals surface area (Å²) in [6.45, 7) is 2.65. The highest BCUT2D eigenvalue weighted by Crippen LogP contribution is 2.27. The molecular weight excluding hydrogens is 457 g/mol. The molecule has 8 nitrogen and oxygen atoms in total. The van der Waals surface area contributed by atoms with E-state index in [1.54, 1.807) is 36.9 Å². The maximum absolute atomic E-state index is 12.9. The average molecular weight is 478 g/mol. The number of nitrogens with one attached hydrogen (secondary N) is 1. The van der Waals surface area contributed by atoms with Gasteiger partial charge in [0.2, 0.25) is 0 Å². The molecule has 1 aromatic heterocycles. The number of benzene rings is 2. The largest absolute Gasteiger partial charge is 0.480 e. The summed E-state index contributed by atoms with van der Waals surface area (Å²) in [5.41, 5.74) is 0.907. The Morgan fingerprint density at radius 1 is 1.12 bits per heavy atom. The van der Waals surface area contributed by atoms with Gasteiger partial charge in [-0.1, -0.05) is 41.4 Å². The Labute approximate surface area is 194 Å². The summed E-state index contributed by atoms with van der Waals surface area (Å²) in [4.78, 5) is 37.5. The summed E-state index contributed by atoms with van der Waals surface area (Å²) in [5, 5.41) is 3.23. The van der Waals surface area contributed by atoms with Crippen LogP contribution in [0.25, 0.3) is 5.69 Å². The van der Waals surface area contributed by atoms with Crippen LogP contribution in [0.2, 0.25) is 10.0 Å². The number of halogens is 2. The molecule has 2 aromatic carbocycles. The minimum absolute atomic E-state index is 0.105. The van der Waals surface area contributed by atoms with E-state index in [0.29, 0.717) is 16.4 Å². The van der Waals surface area contributed by atoms with E-state index in [-0.39, 0.29) is 16.5 Å². The Kier molecular flexibility index (Phi) is 7.27. The van der Waals surface area contributed by atoms with Crippen LogP contribution in [0.5, 0.6) is 5.75 Å². The Balaban J connectivity index is 1.64. The molecule has 32 heavy (non-hydrogen) atoms. The van der Waals surface area contributed by atoms with E-state index in [0.717, 1.165) is 0 Å². The summed E-state index contributed by atoms with van der Waals surface area (Å²) in [6, 6.07) is 13.6. The fourth-order valence-electron chi connectivity index (χ4n) is 2.95. The van der Waals surface area contributed by atoms with Crippen LogP contribution in [0.4, 0.5) is 5.69 Å². The number of para-hydroxylation sites is 1. The van der Waals surface area contributed by atoms with Crippen molar-refractivity contribution in [2.75, 3.05) is 11.9 Å². The predicted octanol–water partition coefficient (Wildman–Crippen LogP) is 3.74. The second-order valence-corrected chi connectivity index (χ2v) is 7.76. The molecule has 10 heteroatoms. The molecule has 1 N–H and O–H groups in total. The fraction of sp³-hybridized carbons (Fsp3) is 0.227. The summed E-state index contributed by atoms with van der Waals surface area (Å²) in [5.74, 6) is -1.16. The van der Waals surface area contributed by atoms with Gasteiger partial charge in [-0.15, -0.1) is 0 Å². The van der Waals surface area contributed by atoms with Gasteiger partial charge in [-0.25, -0.2) is 9.48 Å². The zero-order valence-electron chi connectivity index (χ0n) is 17.6. The van der Waals surface area contributed by atoms with Gasteiger partial charge < -0.3 is 14.8 Å². The molecule has 0 radical (unpaired) electrons. The molecule has 1 heterocycles. The molecule has 0 spiro atoms. The molecule has 0 saturated carbocycles. The Hall–Kier alpha value is -3.23. The number of hydrogen-bond donors (Lipinski definition) is 1. The molecule has 0 saturated heterocycles. The van der Waals surface area contributed by atoms with Gasteiger partial charge in [-0.05, 0) is 44.2 Å². The maximum Gasteiger partial charge on any atom is 0.344 e. The summed E-state index contributed by atoms with van der Waals surface area (Å²) < 4.78 is 13.5. The Bertz CT molecular complexity index is 1200. The summed E-state index contributed by atoms with van der Waals surface area (Å²) in [6.07, 6.45) is -1.16. The van der Waals surface area contributed by atoms with Gasteiger partial charge in [0, 0.05) is 12.1 Å². The van der Waals surface area contributed by atoms with Gasteiger partial charge in [0.15, 0.2) is 12.7 Å². The lowest BCUT2D eigenvalue weighted by Gasteiger charge is -2.14. The monoisotopic (exact) mass is 477 g/mol. The maximum atomic E-state index is 12.9. The van der Waals surface area contributed by atoms with Crippen molar-refractivity contribution in [3.8, 4) is 11.4 Å². The van der Waals surface area contributed by atoms with E-state index in [2.05, 4.69) is 5.32 Å². The molecule has 1 unspecified atom stereocenters. The van der Waals surface area contributed by atoms with Gasteiger partial charge in [0.05, 0.1) is 16.4 Å². The lowest BCUT2D eigenvalue weighted by molar-refractivity contribution is -0.155. The molecule has 0 fully saturated rings. The first-order valence-electron chi connectivity index (χ1n) is 9.61. The van der Waals surface area contributed by atoms with Crippen LogP contribution in [0, 0.1) is 6.92 Å². The predicted molar refractivity (Wildman–Crippen MR) is 122 cm³/mol. The van der Waals surface area contributed by atoms with Crippen molar-refractivity contribution in [1.82, 2.24) is 9.36 Å². The number of ether oxygens (including phenoxy) is 2. The molecular formula is C22H21Cl2N3O5. The second kappa shape index (κ2) is 9.93. The number of aromatic nitrogens is 2. The first kappa shape index (κ1) is 23.4. The van der Waals surface area contributed by atoms with Crippen molar-refractivity contribution in [1.29, 1.82) is 0 Å². The molecule has 1 atom stereocenters. The van der Waals surface area contributed by atoms with E-state index >= 15 is 0 Å². The van der Waals surface area contributed by atoms with Gasteiger partial charge in [-0.3, -0.25) is 14.3 Å². The van der Waals surface area contributed by atoms with E-state index in [4.69, 9.17) is 32.7 Å². The second-order valence-electron chi connectivity index (χ2n) is 6.92. The first-order valence-corrected chi connectivity index (χ1v) is 10.4. The van der Waals surface area contributed by atoms with Gasteiger partial charge in [-0.2, -0.15) is 0 Å². The van der Waals surface area contributed by atoms with Crippen LogP contribution in [-0.2, 0) is 21.4 Å². The molecule has 3 aromatic rings. The standard InChI is InChI=1S/C22H21Cl2N3O5/c1-13-20(22(30)27(26(13)3)16-7-5-4-6-8-16)25-21(29)14(2)32-19(28)12-31-18-10-9-15(23)11-17(18)24/h4-11,14H,12H2,1-3H3,(H,25,29). The van der Waals surface area contributed by atoms with Crippen molar-refractivity contribution in [3.63, 3.8) is 0 Å². The summed E-state index contributed by atoms with van der Waals surface area (Å²) >= 11 is 11.8. The number of nitrogens with zero attached hydrogens (tertiary/aromatic N) is 2. The highest BCUT2D eigenvalue weighted by atomic mass is 35.5. The van der Waals surface area contributed by atoms with Crippen LogP contribution in [0.3, 0.4) is 0 Å². The highest BCUT2D eigenvalue weighted by molar-refractivity contribution is 6.35. The van der Waals surface area contributed by atoms with E-state index in [1.807, 2.05) is 18.2 Å². The Morgan fingerprint density at radius 3 is 2.47 bits per heavy atom. The van der Waals surface area contributed by atoms with Gasteiger partial charge in [0.25, 0.3) is 11.5 Å². The number of esters is 1. The third-order valence-corrected chi connectivity index (χ3v) is 5.25. The molecule has 1 amide bonds. The lowest BCUT2D eigenvalue weighted by atomic mass is 10.3. The highest BCUT2D eigenvalue weighted by Gasteiger charge is 2.23. The van der Waals surface area contributed by atoms with Crippen molar-refractivity contribution >= 4 is 40.8 Å². The van der Waals surface area contributed by atoms with Crippen molar-refractivity contribution in [2.45, 2.75) is 20.0 Å². The van der Waals surface area contributed by atoms with Crippen LogP contribution >= 0.6 is 23.2 Å². The molecule has 0 aliphatic rings. The third-order valence-electron chi connectivity index (χ3n) is 4.72. The van der Waals surface area contributed by atoms with Gasteiger partial charge >= 0.3 is 5.97 Å². The van der Waals surface area contributed by atoms with Crippen molar-refractivity contribution in [3.05, 3.63) is 74.6 Å². The zero-order valence-corrected chi connectivity index (χ0v) is 19.1. The third kappa shape index (κ3) is 5.15. The quantitative estimate of drug-likeness (QED) is 0.523. The number of carbonyl (C=O) groups is 2. The average Bonchev–Trinajstić information content (AvgIpc) is 2.96. The number of hydrogen-bond acceptors (Lipinski definition) is 5. The smallest absolute Gasteiger partial charge is 0.344 e. The normalized spacial score (nSPS) is 11.7. The summed E-state index contributed by atoms with van der Waals surface area (Å²) in [7, 11) is 1.71. The SMILES string of the molecule is Cc1c(NC(=O)C(C)OC(=O)COc2ccc(Cl)cc2Cl)c(=O)n(-c2ccccc2)n1C. The molecule has 0 aliphatic carbocycles. The molecule has 0 bridgehead atoms.